The maximum Gasteiger partial charge on any atom is 0.275 e. The van der Waals surface area contributed by atoms with Crippen molar-refractivity contribution >= 4 is 11.9 Å². The largest absolute Gasteiger partial charge is 0.395 e. The van der Waals surface area contributed by atoms with Crippen LogP contribution >= 0.6 is 0 Å². The van der Waals surface area contributed by atoms with Gasteiger partial charge in [0.15, 0.2) is 5.69 Å². The van der Waals surface area contributed by atoms with Gasteiger partial charge in [-0.15, -0.1) is 10.2 Å². The predicted octanol–water partition coefficient (Wildman–Crippen LogP) is -1.48. The van der Waals surface area contributed by atoms with Gasteiger partial charge in [0.2, 0.25) is 5.95 Å². The van der Waals surface area contributed by atoms with Crippen molar-refractivity contribution in [2.75, 3.05) is 25.9 Å². The molecule has 14 heavy (non-hydrogen) atoms. The molecule has 1 aromatic rings. The van der Waals surface area contributed by atoms with E-state index in [4.69, 9.17) is 10.8 Å². The number of nitrogen functional groups attached to an aromatic ring is 1. The summed E-state index contributed by atoms with van der Waals surface area (Å²) in [7, 11) is 1.55. The van der Waals surface area contributed by atoms with E-state index in [1.807, 2.05) is 0 Å². The van der Waals surface area contributed by atoms with Crippen LogP contribution in [-0.2, 0) is 0 Å². The number of rotatable bonds is 3. The second-order valence-electron chi connectivity index (χ2n) is 2.65. The van der Waals surface area contributed by atoms with Crippen molar-refractivity contribution < 1.29 is 9.90 Å². The Morgan fingerprint density at radius 3 is 2.86 bits per heavy atom. The average Bonchev–Trinajstić information content (AvgIpc) is 2.18. The van der Waals surface area contributed by atoms with Crippen molar-refractivity contribution in [3.8, 4) is 0 Å². The second kappa shape index (κ2) is 4.47. The smallest absolute Gasteiger partial charge is 0.275 e. The topological polar surface area (TPSA) is 105 Å². The lowest BCUT2D eigenvalue weighted by Crippen LogP contribution is -2.30. The lowest BCUT2D eigenvalue weighted by molar-refractivity contribution is 0.0759. The van der Waals surface area contributed by atoms with Gasteiger partial charge in [-0.3, -0.25) is 4.79 Å². The van der Waals surface area contributed by atoms with Crippen LogP contribution in [0.25, 0.3) is 0 Å². The quantitative estimate of drug-likeness (QED) is 0.612. The monoisotopic (exact) mass is 197 g/mol. The summed E-state index contributed by atoms with van der Waals surface area (Å²) in [6.45, 7) is 0.142. The van der Waals surface area contributed by atoms with E-state index in [-0.39, 0.29) is 30.7 Å². The molecule has 0 atom stereocenters. The van der Waals surface area contributed by atoms with Gasteiger partial charge in [0.1, 0.15) is 0 Å². The molecule has 0 fully saturated rings. The Morgan fingerprint density at radius 1 is 1.64 bits per heavy atom. The molecule has 0 aromatic carbocycles. The van der Waals surface area contributed by atoms with Gasteiger partial charge in [0.25, 0.3) is 5.91 Å². The lowest BCUT2D eigenvalue weighted by Gasteiger charge is -2.13. The molecule has 1 heterocycles. The summed E-state index contributed by atoms with van der Waals surface area (Å²) in [5.41, 5.74) is 5.32. The fraction of sp³-hybridized carbons (Fsp3) is 0.429. The fourth-order valence-electron chi connectivity index (χ4n) is 0.829. The summed E-state index contributed by atoms with van der Waals surface area (Å²) in [4.78, 5) is 16.4. The molecule has 0 bridgehead atoms. The number of likely N-dealkylation sites (N-methyl/N-ethyl adjacent to an activating group) is 1. The molecule has 0 spiro atoms. The molecule has 0 aliphatic rings. The van der Waals surface area contributed by atoms with Crippen LogP contribution in [0.15, 0.2) is 6.20 Å². The molecule has 0 radical (unpaired) electrons. The van der Waals surface area contributed by atoms with E-state index in [2.05, 4.69) is 15.2 Å². The molecule has 3 N–H and O–H groups in total. The zero-order valence-corrected chi connectivity index (χ0v) is 7.71. The van der Waals surface area contributed by atoms with Crippen LogP contribution in [0.3, 0.4) is 0 Å². The number of aromatic nitrogens is 3. The average molecular weight is 197 g/mol. The van der Waals surface area contributed by atoms with Crippen LogP contribution < -0.4 is 5.73 Å². The van der Waals surface area contributed by atoms with E-state index < -0.39 is 0 Å². The van der Waals surface area contributed by atoms with Gasteiger partial charge in [0.05, 0.1) is 12.8 Å². The van der Waals surface area contributed by atoms with E-state index in [1.165, 1.54) is 11.1 Å². The predicted molar refractivity (Wildman–Crippen MR) is 48.3 cm³/mol. The summed E-state index contributed by atoms with van der Waals surface area (Å²) >= 11 is 0. The van der Waals surface area contributed by atoms with Crippen LogP contribution in [0.5, 0.6) is 0 Å². The Morgan fingerprint density at radius 2 is 2.36 bits per heavy atom. The van der Waals surface area contributed by atoms with Gasteiger partial charge in [-0.25, -0.2) is 4.98 Å². The minimum absolute atomic E-state index is 0.0198. The highest BCUT2D eigenvalue weighted by Gasteiger charge is 2.13. The number of nitrogens with zero attached hydrogens (tertiary/aromatic N) is 4. The zero-order valence-electron chi connectivity index (χ0n) is 7.71. The number of carbonyl (C=O) groups excluding carboxylic acids is 1. The molecule has 7 heteroatoms. The van der Waals surface area contributed by atoms with Crippen LogP contribution in [-0.4, -0.2) is 51.3 Å². The van der Waals surface area contributed by atoms with Crippen LogP contribution in [0, 0.1) is 0 Å². The van der Waals surface area contributed by atoms with Crippen molar-refractivity contribution in [1.29, 1.82) is 0 Å². The first kappa shape index (κ1) is 10.3. The summed E-state index contributed by atoms with van der Waals surface area (Å²) in [6.07, 6.45) is 1.25. The molecule has 1 aromatic heterocycles. The number of anilines is 1. The van der Waals surface area contributed by atoms with E-state index in [0.717, 1.165) is 0 Å². The van der Waals surface area contributed by atoms with Crippen molar-refractivity contribution in [1.82, 2.24) is 20.1 Å². The molecule has 76 valence electrons. The molecule has 0 saturated heterocycles. The van der Waals surface area contributed by atoms with Gasteiger partial charge in [-0.05, 0) is 0 Å². The second-order valence-corrected chi connectivity index (χ2v) is 2.65. The van der Waals surface area contributed by atoms with E-state index in [9.17, 15) is 4.79 Å². The Hall–Kier alpha value is -1.76. The SMILES string of the molecule is CN(CCO)C(=O)c1cnc(N)nn1. The van der Waals surface area contributed by atoms with E-state index in [1.54, 1.807) is 7.05 Å². The molecule has 7 nitrogen and oxygen atoms in total. The molecule has 0 unspecified atom stereocenters. The third-order valence-electron chi connectivity index (χ3n) is 1.58. The van der Waals surface area contributed by atoms with E-state index >= 15 is 0 Å². The Balaban J connectivity index is 2.74. The first-order valence-corrected chi connectivity index (χ1v) is 3.96. The molecule has 0 saturated carbocycles. The lowest BCUT2D eigenvalue weighted by atomic mass is 10.4. The van der Waals surface area contributed by atoms with Gasteiger partial charge in [0, 0.05) is 13.6 Å². The van der Waals surface area contributed by atoms with Crippen molar-refractivity contribution in [2.45, 2.75) is 0 Å². The van der Waals surface area contributed by atoms with Crippen molar-refractivity contribution in [3.63, 3.8) is 0 Å². The molecule has 1 amide bonds. The van der Waals surface area contributed by atoms with Gasteiger partial charge < -0.3 is 15.7 Å². The third-order valence-corrected chi connectivity index (χ3v) is 1.58. The summed E-state index contributed by atoms with van der Waals surface area (Å²) in [5.74, 6) is -0.328. The maximum atomic E-state index is 11.5. The Labute approximate surface area is 80.6 Å². The first-order chi connectivity index (χ1) is 6.65. The van der Waals surface area contributed by atoms with Crippen molar-refractivity contribution in [2.24, 2.45) is 0 Å². The Kier molecular flexibility index (Phi) is 3.29. The van der Waals surface area contributed by atoms with Gasteiger partial charge in [-0.2, -0.15) is 0 Å². The number of nitrogens with two attached hydrogens (primary N) is 1. The summed E-state index contributed by atoms with van der Waals surface area (Å²) < 4.78 is 0. The van der Waals surface area contributed by atoms with Crippen molar-refractivity contribution in [3.05, 3.63) is 11.9 Å². The number of hydrogen-bond acceptors (Lipinski definition) is 6. The number of aliphatic hydroxyl groups excluding tert-OH is 1. The summed E-state index contributed by atoms with van der Waals surface area (Å²) in [6, 6.07) is 0. The highest BCUT2D eigenvalue weighted by atomic mass is 16.3. The molecule has 1 rings (SSSR count). The minimum Gasteiger partial charge on any atom is -0.395 e. The normalized spacial score (nSPS) is 9.86. The van der Waals surface area contributed by atoms with Crippen LogP contribution in [0.1, 0.15) is 10.5 Å². The third kappa shape index (κ3) is 2.36. The standard InChI is InChI=1S/C7H11N5O2/c1-12(2-3-13)6(14)5-4-9-7(8)11-10-5/h4,13H,2-3H2,1H3,(H2,8,9,11). The van der Waals surface area contributed by atoms with Gasteiger partial charge in [-0.1, -0.05) is 0 Å². The fourth-order valence-corrected chi connectivity index (χ4v) is 0.829. The van der Waals surface area contributed by atoms with Crippen LogP contribution in [0.2, 0.25) is 0 Å². The van der Waals surface area contributed by atoms with E-state index in [0.29, 0.717) is 0 Å². The number of amides is 1. The number of hydrogen-bond donors (Lipinski definition) is 2. The highest BCUT2D eigenvalue weighted by molar-refractivity contribution is 5.91. The first-order valence-electron chi connectivity index (χ1n) is 3.96. The molecular formula is C7H11N5O2. The summed E-state index contributed by atoms with van der Waals surface area (Å²) in [5, 5.41) is 15.6. The highest BCUT2D eigenvalue weighted by Crippen LogP contribution is 1.97. The number of carbonyl (C=O) groups is 1. The molecule has 0 aliphatic heterocycles. The maximum absolute atomic E-state index is 11.5. The Bertz CT molecular complexity index is 312. The number of aliphatic hydroxyl groups is 1. The molecular weight excluding hydrogens is 186 g/mol. The van der Waals surface area contributed by atoms with Gasteiger partial charge >= 0.3 is 0 Å². The van der Waals surface area contributed by atoms with Crippen LogP contribution in [0.4, 0.5) is 5.95 Å². The molecule has 0 aliphatic carbocycles. The zero-order chi connectivity index (χ0) is 10.6. The minimum atomic E-state index is -0.348.